The van der Waals surface area contributed by atoms with Crippen LogP contribution in [0.25, 0.3) is 11.1 Å². The number of hydrogen-bond acceptors (Lipinski definition) is 5. The highest BCUT2D eigenvalue weighted by molar-refractivity contribution is 5.97. The Bertz CT molecular complexity index is 1220. The molecule has 7 nitrogen and oxygen atoms in total. The molecule has 0 saturated carbocycles. The molecular weight excluding hydrogens is 438 g/mol. The Morgan fingerprint density at radius 1 is 1.14 bits per heavy atom. The van der Waals surface area contributed by atoms with Crippen LogP contribution in [0.2, 0.25) is 0 Å². The second-order valence-electron chi connectivity index (χ2n) is 9.87. The van der Waals surface area contributed by atoms with Crippen LogP contribution in [0.5, 0.6) is 5.75 Å². The third-order valence-electron chi connectivity index (χ3n) is 7.47. The number of piperazine rings is 1. The van der Waals surface area contributed by atoms with Gasteiger partial charge in [-0.15, -0.1) is 0 Å². The molecule has 3 aromatic rings. The van der Waals surface area contributed by atoms with Gasteiger partial charge in [0.2, 0.25) is 0 Å². The smallest absolute Gasteiger partial charge is 0.252 e. The lowest BCUT2D eigenvalue weighted by Crippen LogP contribution is -2.50. The first-order chi connectivity index (χ1) is 16.9. The van der Waals surface area contributed by atoms with Crippen molar-refractivity contribution in [3.63, 3.8) is 0 Å². The maximum Gasteiger partial charge on any atom is 0.252 e. The Morgan fingerprint density at radius 2 is 2.00 bits per heavy atom. The summed E-state index contributed by atoms with van der Waals surface area (Å²) in [6.07, 6.45) is 6.38. The number of methoxy groups -OCH3 is 1. The number of anilines is 1. The maximum absolute atomic E-state index is 13.4. The Balaban J connectivity index is 1.34. The van der Waals surface area contributed by atoms with Gasteiger partial charge in [-0.25, -0.2) is 0 Å². The number of carbonyl (C=O) groups excluding carboxylic acids is 1. The van der Waals surface area contributed by atoms with E-state index in [1.807, 2.05) is 45.4 Å². The maximum atomic E-state index is 13.4. The van der Waals surface area contributed by atoms with Crippen molar-refractivity contribution in [1.29, 1.82) is 0 Å². The molecule has 2 aliphatic heterocycles. The van der Waals surface area contributed by atoms with E-state index in [0.29, 0.717) is 6.04 Å². The summed E-state index contributed by atoms with van der Waals surface area (Å²) in [6.45, 7) is 8.40. The minimum absolute atomic E-state index is 0.0536. The number of carbonyl (C=O) groups is 1. The highest BCUT2D eigenvalue weighted by Crippen LogP contribution is 2.30. The van der Waals surface area contributed by atoms with Crippen molar-refractivity contribution in [1.82, 2.24) is 20.0 Å². The van der Waals surface area contributed by atoms with Crippen molar-refractivity contribution < 1.29 is 9.53 Å². The SMILES string of the molecule is COc1cc(-c2cnn(C)c2)cc([C@@H](C)NC(=O)c2cc(N3CCN4CCCC4C3)ccc2C)c1. The van der Waals surface area contributed by atoms with Gasteiger partial charge in [0.15, 0.2) is 0 Å². The fourth-order valence-electron chi connectivity index (χ4n) is 5.36. The molecule has 2 aliphatic rings. The number of nitrogens with one attached hydrogen (secondary N) is 1. The summed E-state index contributed by atoms with van der Waals surface area (Å²) in [5.41, 5.74) is 5.87. The van der Waals surface area contributed by atoms with Crippen LogP contribution in [-0.4, -0.2) is 59.9 Å². The van der Waals surface area contributed by atoms with E-state index >= 15 is 0 Å². The number of amides is 1. The lowest BCUT2D eigenvalue weighted by Gasteiger charge is -2.39. The quantitative estimate of drug-likeness (QED) is 0.582. The number of nitrogens with zero attached hydrogens (tertiary/aromatic N) is 4. The van der Waals surface area contributed by atoms with Crippen LogP contribution >= 0.6 is 0 Å². The van der Waals surface area contributed by atoms with E-state index in [1.165, 1.54) is 19.4 Å². The van der Waals surface area contributed by atoms with Gasteiger partial charge in [-0.1, -0.05) is 6.07 Å². The molecule has 7 heteroatoms. The number of fused-ring (bicyclic) bond motifs is 1. The standard InChI is InChI=1S/C28H35N5O2/c1-19-7-8-24(33-11-10-32-9-5-6-25(32)18-33)15-27(19)28(34)30-20(2)21-12-22(14-26(13-21)35-4)23-16-29-31(3)17-23/h7-8,12-17,20,25H,5-6,9-11,18H2,1-4H3,(H,30,34)/t20-,25?/m1/s1. The molecule has 1 unspecified atom stereocenters. The highest BCUT2D eigenvalue weighted by Gasteiger charge is 2.31. The summed E-state index contributed by atoms with van der Waals surface area (Å²) in [6, 6.07) is 12.8. The van der Waals surface area contributed by atoms with E-state index in [9.17, 15) is 4.79 Å². The topological polar surface area (TPSA) is 62.6 Å². The second-order valence-corrected chi connectivity index (χ2v) is 9.87. The molecule has 2 fully saturated rings. The minimum atomic E-state index is -0.182. The fraction of sp³-hybridized carbons (Fsp3) is 0.429. The van der Waals surface area contributed by atoms with Crippen molar-refractivity contribution in [2.24, 2.45) is 7.05 Å². The average Bonchev–Trinajstić information content (AvgIpc) is 3.52. The summed E-state index contributed by atoms with van der Waals surface area (Å²) in [5.74, 6) is 0.703. The van der Waals surface area contributed by atoms with Crippen LogP contribution in [-0.2, 0) is 7.05 Å². The van der Waals surface area contributed by atoms with Crippen molar-refractivity contribution in [2.75, 3.05) is 38.2 Å². The zero-order chi connectivity index (χ0) is 24.5. The summed E-state index contributed by atoms with van der Waals surface area (Å²) in [4.78, 5) is 18.4. The summed E-state index contributed by atoms with van der Waals surface area (Å²) >= 11 is 0. The summed E-state index contributed by atoms with van der Waals surface area (Å²) < 4.78 is 7.33. The third-order valence-corrected chi connectivity index (χ3v) is 7.47. The van der Waals surface area contributed by atoms with E-state index in [1.54, 1.807) is 11.8 Å². The zero-order valence-corrected chi connectivity index (χ0v) is 21.1. The lowest BCUT2D eigenvalue weighted by molar-refractivity contribution is 0.0939. The Labute approximate surface area is 207 Å². The molecular formula is C28H35N5O2. The normalized spacial score (nSPS) is 18.9. The van der Waals surface area contributed by atoms with Gasteiger partial charge in [-0.05, 0) is 80.3 Å². The second kappa shape index (κ2) is 9.74. The van der Waals surface area contributed by atoms with Crippen molar-refractivity contribution in [3.8, 4) is 16.9 Å². The van der Waals surface area contributed by atoms with Crippen LogP contribution in [0, 0.1) is 6.92 Å². The van der Waals surface area contributed by atoms with Crippen molar-refractivity contribution in [3.05, 3.63) is 65.5 Å². The number of rotatable bonds is 6. The summed E-state index contributed by atoms with van der Waals surface area (Å²) in [5, 5.41) is 7.50. The Kier molecular flexibility index (Phi) is 6.52. The van der Waals surface area contributed by atoms with Gasteiger partial charge in [0.25, 0.3) is 5.91 Å². The van der Waals surface area contributed by atoms with Crippen molar-refractivity contribution >= 4 is 11.6 Å². The van der Waals surface area contributed by atoms with Crippen molar-refractivity contribution in [2.45, 2.75) is 38.8 Å². The third kappa shape index (κ3) is 4.91. The number of ether oxygens (including phenoxy) is 1. The largest absolute Gasteiger partial charge is 0.497 e. The Hall–Kier alpha value is -3.32. The zero-order valence-electron chi connectivity index (χ0n) is 21.1. The van der Waals surface area contributed by atoms with E-state index in [-0.39, 0.29) is 11.9 Å². The average molecular weight is 474 g/mol. The number of hydrogen-bond donors (Lipinski definition) is 1. The first-order valence-electron chi connectivity index (χ1n) is 12.5. The van der Waals surface area contributed by atoms with Crippen LogP contribution < -0.4 is 15.0 Å². The van der Waals surface area contributed by atoms with Gasteiger partial charge >= 0.3 is 0 Å². The molecule has 1 amide bonds. The van der Waals surface area contributed by atoms with E-state index < -0.39 is 0 Å². The molecule has 2 atom stereocenters. The van der Waals surface area contributed by atoms with Gasteiger partial charge in [-0.3, -0.25) is 14.4 Å². The predicted molar refractivity (Wildman–Crippen MR) is 139 cm³/mol. The van der Waals surface area contributed by atoms with Gasteiger partial charge < -0.3 is 15.0 Å². The van der Waals surface area contributed by atoms with Gasteiger partial charge in [0.1, 0.15) is 5.75 Å². The molecule has 2 aromatic carbocycles. The molecule has 3 heterocycles. The molecule has 1 aromatic heterocycles. The predicted octanol–water partition coefficient (Wildman–Crippen LogP) is 4.18. The number of benzene rings is 2. The summed E-state index contributed by atoms with van der Waals surface area (Å²) in [7, 11) is 3.56. The first kappa shape index (κ1) is 23.4. The van der Waals surface area contributed by atoms with E-state index in [0.717, 1.165) is 58.9 Å². The highest BCUT2D eigenvalue weighted by atomic mass is 16.5. The first-order valence-corrected chi connectivity index (χ1v) is 12.5. The monoisotopic (exact) mass is 473 g/mol. The number of aromatic nitrogens is 2. The lowest BCUT2D eigenvalue weighted by atomic mass is 10.0. The molecule has 0 radical (unpaired) electrons. The van der Waals surface area contributed by atoms with Crippen LogP contribution in [0.15, 0.2) is 48.8 Å². The molecule has 0 bridgehead atoms. The Morgan fingerprint density at radius 3 is 2.77 bits per heavy atom. The van der Waals surface area contributed by atoms with Crippen LogP contribution in [0.4, 0.5) is 5.69 Å². The van der Waals surface area contributed by atoms with Crippen LogP contribution in [0.3, 0.4) is 0 Å². The molecule has 184 valence electrons. The van der Waals surface area contributed by atoms with E-state index in [4.69, 9.17) is 4.74 Å². The van der Waals surface area contributed by atoms with Gasteiger partial charge in [0.05, 0.1) is 19.3 Å². The van der Waals surface area contributed by atoms with Gasteiger partial charge in [-0.2, -0.15) is 5.10 Å². The van der Waals surface area contributed by atoms with Crippen LogP contribution in [0.1, 0.15) is 47.3 Å². The van der Waals surface area contributed by atoms with Gasteiger partial charge in [0, 0.05) is 55.7 Å². The fourth-order valence-corrected chi connectivity index (χ4v) is 5.36. The molecule has 5 rings (SSSR count). The molecule has 0 aliphatic carbocycles. The molecule has 1 N–H and O–H groups in total. The molecule has 35 heavy (non-hydrogen) atoms. The number of aryl methyl sites for hydroxylation is 2. The molecule has 0 spiro atoms. The molecule has 2 saturated heterocycles. The van der Waals surface area contributed by atoms with E-state index in [2.05, 4.69) is 44.5 Å². The minimum Gasteiger partial charge on any atom is -0.497 e.